The fraction of sp³-hybridized carbons (Fsp3) is 0. The van der Waals surface area contributed by atoms with E-state index in [0.29, 0.717) is 17.5 Å². The minimum absolute atomic E-state index is 0.583. The van der Waals surface area contributed by atoms with Crippen molar-refractivity contribution in [3.8, 4) is 78.9 Å². The van der Waals surface area contributed by atoms with Crippen molar-refractivity contribution in [2.24, 2.45) is 0 Å². The zero-order valence-corrected chi connectivity index (χ0v) is 29.7. The van der Waals surface area contributed by atoms with E-state index in [9.17, 15) is 0 Å². The van der Waals surface area contributed by atoms with Crippen molar-refractivity contribution in [2.75, 3.05) is 0 Å². The lowest BCUT2D eigenvalue weighted by molar-refractivity contribution is 0.669. The summed E-state index contributed by atoms with van der Waals surface area (Å²) in [7, 11) is 0. The molecule has 3 heterocycles. The standard InChI is InChI=1S/C50H32N4O/c1-5-15-33(16-6-1)39-31-44(34-17-7-2-8-18-34)51-45(32-39)42-30-38(25-27-40(42)37-26-28-47-43(29-37)41-23-13-14-24-46(41)55-47)50-53-48(35-19-9-3-10-20-35)52-49(54-50)36-21-11-4-12-22-36/h1-32H. The van der Waals surface area contributed by atoms with Crippen molar-refractivity contribution in [2.45, 2.75) is 0 Å². The van der Waals surface area contributed by atoms with Crippen molar-refractivity contribution < 1.29 is 4.42 Å². The Bertz CT molecular complexity index is 2850. The number of hydrogen-bond acceptors (Lipinski definition) is 5. The fourth-order valence-electron chi connectivity index (χ4n) is 7.20. The van der Waals surface area contributed by atoms with Gasteiger partial charge in [0.1, 0.15) is 11.2 Å². The van der Waals surface area contributed by atoms with Gasteiger partial charge in [0.05, 0.1) is 11.4 Å². The lowest BCUT2D eigenvalue weighted by Gasteiger charge is -2.16. The smallest absolute Gasteiger partial charge is 0.164 e. The summed E-state index contributed by atoms with van der Waals surface area (Å²) in [6.45, 7) is 0. The maximum Gasteiger partial charge on any atom is 0.164 e. The van der Waals surface area contributed by atoms with Gasteiger partial charge >= 0.3 is 0 Å². The molecule has 0 amide bonds. The van der Waals surface area contributed by atoms with Crippen LogP contribution in [0.4, 0.5) is 0 Å². The second-order valence-electron chi connectivity index (χ2n) is 13.5. The number of para-hydroxylation sites is 1. The van der Waals surface area contributed by atoms with Crippen LogP contribution >= 0.6 is 0 Å². The molecule has 0 N–H and O–H groups in total. The molecule has 0 radical (unpaired) electrons. The summed E-state index contributed by atoms with van der Waals surface area (Å²) in [5, 5.41) is 2.15. The summed E-state index contributed by atoms with van der Waals surface area (Å²) in [5.41, 5.74) is 12.4. The second kappa shape index (κ2) is 13.8. The van der Waals surface area contributed by atoms with Gasteiger partial charge in [-0.25, -0.2) is 19.9 Å². The first kappa shape index (κ1) is 32.2. The van der Waals surface area contributed by atoms with E-state index in [2.05, 4.69) is 109 Å². The van der Waals surface area contributed by atoms with Crippen LogP contribution in [0.3, 0.4) is 0 Å². The summed E-state index contributed by atoms with van der Waals surface area (Å²) in [5.74, 6) is 1.81. The average Bonchev–Trinajstić information content (AvgIpc) is 3.65. The number of rotatable bonds is 7. The van der Waals surface area contributed by atoms with Gasteiger partial charge in [0, 0.05) is 38.6 Å². The Kier molecular flexibility index (Phi) is 8.08. The molecule has 0 fully saturated rings. The van der Waals surface area contributed by atoms with Crippen molar-refractivity contribution in [1.82, 2.24) is 19.9 Å². The molecule has 5 nitrogen and oxygen atoms in total. The predicted molar refractivity (Wildman–Crippen MR) is 223 cm³/mol. The minimum atomic E-state index is 0.583. The highest BCUT2D eigenvalue weighted by Gasteiger charge is 2.19. The van der Waals surface area contributed by atoms with Crippen LogP contribution in [0.1, 0.15) is 0 Å². The molecule has 10 aromatic rings. The number of benzene rings is 7. The van der Waals surface area contributed by atoms with Crippen LogP contribution in [0.2, 0.25) is 0 Å². The number of pyridine rings is 1. The van der Waals surface area contributed by atoms with Crippen molar-refractivity contribution in [3.63, 3.8) is 0 Å². The Morgan fingerprint density at radius 1 is 0.273 bits per heavy atom. The molecule has 0 bridgehead atoms. The van der Waals surface area contributed by atoms with Gasteiger partial charge in [-0.15, -0.1) is 0 Å². The minimum Gasteiger partial charge on any atom is -0.456 e. The first-order chi connectivity index (χ1) is 27.2. The largest absolute Gasteiger partial charge is 0.456 e. The molecule has 0 spiro atoms. The molecule has 5 heteroatoms. The lowest BCUT2D eigenvalue weighted by Crippen LogP contribution is -2.01. The topological polar surface area (TPSA) is 64.7 Å². The normalized spacial score (nSPS) is 11.3. The molecule has 0 saturated heterocycles. The monoisotopic (exact) mass is 704 g/mol. The third-order valence-electron chi connectivity index (χ3n) is 9.94. The molecule has 0 atom stereocenters. The van der Waals surface area contributed by atoms with Gasteiger partial charge < -0.3 is 4.42 Å². The molecule has 258 valence electrons. The number of aromatic nitrogens is 4. The summed E-state index contributed by atoms with van der Waals surface area (Å²) in [6.07, 6.45) is 0. The number of fused-ring (bicyclic) bond motifs is 3. The molecule has 10 rings (SSSR count). The maximum atomic E-state index is 6.23. The highest BCUT2D eigenvalue weighted by molar-refractivity contribution is 6.06. The molecular formula is C50H32N4O. The summed E-state index contributed by atoms with van der Waals surface area (Å²) in [6, 6.07) is 66.4. The van der Waals surface area contributed by atoms with Gasteiger partial charge in [-0.1, -0.05) is 158 Å². The molecule has 0 aliphatic rings. The van der Waals surface area contributed by atoms with Crippen LogP contribution in [0.25, 0.3) is 101 Å². The van der Waals surface area contributed by atoms with E-state index in [1.165, 1.54) is 0 Å². The number of nitrogens with zero attached hydrogens (tertiary/aromatic N) is 4. The quantitative estimate of drug-likeness (QED) is 0.165. The van der Waals surface area contributed by atoms with Crippen LogP contribution in [-0.4, -0.2) is 19.9 Å². The number of hydrogen-bond donors (Lipinski definition) is 0. The molecular weight excluding hydrogens is 673 g/mol. The van der Waals surface area contributed by atoms with E-state index in [1.54, 1.807) is 0 Å². The Labute approximate surface area is 318 Å². The molecule has 3 aromatic heterocycles. The molecule has 7 aromatic carbocycles. The van der Waals surface area contributed by atoms with Crippen molar-refractivity contribution >= 4 is 21.9 Å². The molecule has 0 aliphatic heterocycles. The van der Waals surface area contributed by atoms with E-state index < -0.39 is 0 Å². The molecule has 0 saturated carbocycles. The maximum absolute atomic E-state index is 6.23. The Morgan fingerprint density at radius 3 is 1.44 bits per heavy atom. The van der Waals surface area contributed by atoms with Crippen LogP contribution < -0.4 is 0 Å². The summed E-state index contributed by atoms with van der Waals surface area (Å²) < 4.78 is 6.23. The first-order valence-electron chi connectivity index (χ1n) is 18.3. The van der Waals surface area contributed by atoms with Gasteiger partial charge in [0.2, 0.25) is 0 Å². The van der Waals surface area contributed by atoms with Gasteiger partial charge in [0.15, 0.2) is 17.5 Å². The van der Waals surface area contributed by atoms with Gasteiger partial charge in [-0.3, -0.25) is 0 Å². The zero-order chi connectivity index (χ0) is 36.6. The molecule has 55 heavy (non-hydrogen) atoms. The van der Waals surface area contributed by atoms with Gasteiger partial charge in [0.25, 0.3) is 0 Å². The lowest BCUT2D eigenvalue weighted by atomic mass is 9.92. The SMILES string of the molecule is c1ccc(-c2cc(-c3ccccc3)nc(-c3cc(-c4nc(-c5ccccc5)nc(-c5ccccc5)n4)ccc3-c3ccc4oc5ccccc5c4c3)c2)cc1. The van der Waals surface area contributed by atoms with Gasteiger partial charge in [-0.2, -0.15) is 0 Å². The van der Waals surface area contributed by atoms with Crippen LogP contribution in [0, 0.1) is 0 Å². The highest BCUT2D eigenvalue weighted by atomic mass is 16.3. The van der Waals surface area contributed by atoms with E-state index in [0.717, 1.165) is 83.4 Å². The van der Waals surface area contributed by atoms with E-state index >= 15 is 0 Å². The van der Waals surface area contributed by atoms with E-state index in [-0.39, 0.29) is 0 Å². The number of furan rings is 1. The molecule has 0 aliphatic carbocycles. The predicted octanol–water partition coefficient (Wildman–Crippen LogP) is 12.8. The third kappa shape index (κ3) is 6.24. The Hall–Kier alpha value is -7.50. The van der Waals surface area contributed by atoms with Gasteiger partial charge in [-0.05, 0) is 58.7 Å². The van der Waals surface area contributed by atoms with Crippen LogP contribution in [0.15, 0.2) is 199 Å². The van der Waals surface area contributed by atoms with Crippen molar-refractivity contribution in [3.05, 3.63) is 194 Å². The Morgan fingerprint density at radius 2 is 0.782 bits per heavy atom. The zero-order valence-electron chi connectivity index (χ0n) is 29.7. The third-order valence-corrected chi connectivity index (χ3v) is 9.94. The van der Waals surface area contributed by atoms with E-state index in [4.69, 9.17) is 24.4 Å². The highest BCUT2D eigenvalue weighted by Crippen LogP contribution is 2.40. The molecule has 0 unspecified atom stereocenters. The fourth-order valence-corrected chi connectivity index (χ4v) is 7.20. The van der Waals surface area contributed by atoms with Crippen molar-refractivity contribution in [1.29, 1.82) is 0 Å². The summed E-state index contributed by atoms with van der Waals surface area (Å²) >= 11 is 0. The Balaban J connectivity index is 1.23. The second-order valence-corrected chi connectivity index (χ2v) is 13.5. The average molecular weight is 705 g/mol. The summed E-state index contributed by atoms with van der Waals surface area (Å²) in [4.78, 5) is 20.5. The first-order valence-corrected chi connectivity index (χ1v) is 18.3. The van der Waals surface area contributed by atoms with E-state index in [1.807, 2.05) is 84.9 Å². The van der Waals surface area contributed by atoms with Crippen LogP contribution in [-0.2, 0) is 0 Å². The van der Waals surface area contributed by atoms with Crippen LogP contribution in [0.5, 0.6) is 0 Å².